The highest BCUT2D eigenvalue weighted by molar-refractivity contribution is 6.30. The molecule has 1 aliphatic rings. The van der Waals surface area contributed by atoms with Gasteiger partial charge in [-0.05, 0) is 30.0 Å². The Bertz CT molecular complexity index is 582. The van der Waals surface area contributed by atoms with Gasteiger partial charge in [0.25, 0.3) is 0 Å². The molecule has 1 aromatic heterocycles. The summed E-state index contributed by atoms with van der Waals surface area (Å²) in [7, 11) is 1.90. The number of benzene rings is 1. The number of halogens is 1. The van der Waals surface area contributed by atoms with Gasteiger partial charge in [0.15, 0.2) is 0 Å². The summed E-state index contributed by atoms with van der Waals surface area (Å²) in [5.74, 6) is 1.51. The molecule has 4 heteroatoms. The molecule has 1 saturated carbocycles. The smallest absolute Gasteiger partial charge is 0.129 e. The van der Waals surface area contributed by atoms with Gasteiger partial charge in [-0.25, -0.2) is 0 Å². The quantitative estimate of drug-likeness (QED) is 0.929. The van der Waals surface area contributed by atoms with Gasteiger partial charge in [-0.2, -0.15) is 5.10 Å². The van der Waals surface area contributed by atoms with Crippen LogP contribution in [-0.2, 0) is 13.5 Å². The Kier molecular flexibility index (Phi) is 3.23. The van der Waals surface area contributed by atoms with Crippen LogP contribution in [0.2, 0.25) is 5.02 Å². The molecule has 1 aromatic carbocycles. The lowest BCUT2D eigenvalue weighted by atomic mass is 9.81. The predicted octanol–water partition coefficient (Wildman–Crippen LogP) is 3.67. The SMILES string of the molecule is Cn1nc(CC2CCC2)c(-c2ccc(Cl)cc2)c1N. The molecule has 0 unspecified atom stereocenters. The van der Waals surface area contributed by atoms with Crippen LogP contribution < -0.4 is 5.73 Å². The molecule has 2 aromatic rings. The highest BCUT2D eigenvalue weighted by Gasteiger charge is 2.23. The van der Waals surface area contributed by atoms with Gasteiger partial charge in [0.05, 0.1) is 5.69 Å². The van der Waals surface area contributed by atoms with Crippen molar-refractivity contribution in [3.8, 4) is 11.1 Å². The first kappa shape index (κ1) is 12.5. The van der Waals surface area contributed by atoms with E-state index >= 15 is 0 Å². The van der Waals surface area contributed by atoms with Gasteiger partial charge in [-0.15, -0.1) is 0 Å². The monoisotopic (exact) mass is 275 g/mol. The molecule has 3 rings (SSSR count). The second-order valence-corrected chi connectivity index (χ2v) is 5.77. The fraction of sp³-hybridized carbons (Fsp3) is 0.400. The van der Waals surface area contributed by atoms with Crippen LogP contribution in [0.25, 0.3) is 11.1 Å². The van der Waals surface area contributed by atoms with E-state index in [-0.39, 0.29) is 0 Å². The zero-order chi connectivity index (χ0) is 13.4. The second-order valence-electron chi connectivity index (χ2n) is 5.34. The first-order valence-corrected chi connectivity index (χ1v) is 7.10. The van der Waals surface area contributed by atoms with Crippen LogP contribution in [0.15, 0.2) is 24.3 Å². The summed E-state index contributed by atoms with van der Waals surface area (Å²) >= 11 is 5.95. The normalized spacial score (nSPS) is 15.5. The molecule has 100 valence electrons. The second kappa shape index (κ2) is 4.89. The Morgan fingerprint density at radius 3 is 2.58 bits per heavy atom. The van der Waals surface area contributed by atoms with Crippen molar-refractivity contribution in [2.24, 2.45) is 13.0 Å². The Morgan fingerprint density at radius 1 is 1.32 bits per heavy atom. The van der Waals surface area contributed by atoms with Gasteiger partial charge >= 0.3 is 0 Å². The molecular formula is C15H18ClN3. The average molecular weight is 276 g/mol. The summed E-state index contributed by atoms with van der Waals surface area (Å²) in [6, 6.07) is 7.83. The average Bonchev–Trinajstić information content (AvgIpc) is 2.62. The molecule has 1 fully saturated rings. The number of nitrogens with zero attached hydrogens (tertiary/aromatic N) is 2. The van der Waals surface area contributed by atoms with Gasteiger partial charge in [-0.3, -0.25) is 4.68 Å². The van der Waals surface area contributed by atoms with Gasteiger partial charge in [0.2, 0.25) is 0 Å². The largest absolute Gasteiger partial charge is 0.383 e. The molecule has 0 aliphatic heterocycles. The third-order valence-electron chi connectivity index (χ3n) is 4.00. The van der Waals surface area contributed by atoms with Crippen molar-refractivity contribution in [1.82, 2.24) is 9.78 Å². The zero-order valence-electron chi connectivity index (χ0n) is 11.1. The standard InChI is InChI=1S/C15H18ClN3/c1-19-15(17)14(11-5-7-12(16)8-6-11)13(18-19)9-10-3-2-4-10/h5-8,10H,2-4,9,17H2,1H3. The van der Waals surface area contributed by atoms with Gasteiger partial charge in [0.1, 0.15) is 5.82 Å². The van der Waals surface area contributed by atoms with Crippen molar-refractivity contribution < 1.29 is 0 Å². The Balaban J connectivity index is 2.00. The lowest BCUT2D eigenvalue weighted by Gasteiger charge is -2.24. The minimum atomic E-state index is 0.733. The van der Waals surface area contributed by atoms with Crippen molar-refractivity contribution in [3.05, 3.63) is 35.0 Å². The van der Waals surface area contributed by atoms with E-state index in [9.17, 15) is 0 Å². The molecule has 1 heterocycles. The maximum atomic E-state index is 6.18. The minimum Gasteiger partial charge on any atom is -0.383 e. The van der Waals surface area contributed by atoms with Crippen molar-refractivity contribution in [2.75, 3.05) is 5.73 Å². The molecule has 1 aliphatic carbocycles. The van der Waals surface area contributed by atoms with Gasteiger partial charge < -0.3 is 5.73 Å². The summed E-state index contributed by atoms with van der Waals surface area (Å²) < 4.78 is 1.78. The van der Waals surface area contributed by atoms with E-state index in [1.54, 1.807) is 4.68 Å². The third kappa shape index (κ3) is 2.35. The van der Waals surface area contributed by atoms with E-state index in [0.29, 0.717) is 0 Å². The summed E-state index contributed by atoms with van der Waals surface area (Å²) in [6.45, 7) is 0. The minimum absolute atomic E-state index is 0.733. The van der Waals surface area contributed by atoms with Crippen LogP contribution in [0, 0.1) is 5.92 Å². The molecule has 0 bridgehead atoms. The Labute approximate surface area is 118 Å². The van der Waals surface area contributed by atoms with Crippen LogP contribution in [-0.4, -0.2) is 9.78 Å². The number of hydrogen-bond acceptors (Lipinski definition) is 2. The molecule has 2 N–H and O–H groups in total. The summed E-state index contributed by atoms with van der Waals surface area (Å²) in [5, 5.41) is 5.33. The first-order valence-electron chi connectivity index (χ1n) is 6.72. The molecule has 19 heavy (non-hydrogen) atoms. The van der Waals surface area contributed by atoms with Crippen LogP contribution in [0.1, 0.15) is 25.0 Å². The van der Waals surface area contributed by atoms with E-state index in [1.807, 2.05) is 31.3 Å². The van der Waals surface area contributed by atoms with Crippen LogP contribution in [0.3, 0.4) is 0 Å². The molecule has 0 amide bonds. The molecule has 0 spiro atoms. The number of hydrogen-bond donors (Lipinski definition) is 1. The van der Waals surface area contributed by atoms with Crippen molar-refractivity contribution >= 4 is 17.4 Å². The predicted molar refractivity (Wildman–Crippen MR) is 79.1 cm³/mol. The fourth-order valence-corrected chi connectivity index (χ4v) is 2.76. The molecule has 0 atom stereocenters. The van der Waals surface area contributed by atoms with Gasteiger partial charge in [0, 0.05) is 17.6 Å². The van der Waals surface area contributed by atoms with E-state index in [1.165, 1.54) is 19.3 Å². The van der Waals surface area contributed by atoms with Crippen LogP contribution in [0.4, 0.5) is 5.82 Å². The summed E-state index contributed by atoms with van der Waals surface area (Å²) in [5.41, 5.74) is 9.47. The molecule has 3 nitrogen and oxygen atoms in total. The van der Waals surface area contributed by atoms with Crippen molar-refractivity contribution in [2.45, 2.75) is 25.7 Å². The van der Waals surface area contributed by atoms with Crippen LogP contribution >= 0.6 is 11.6 Å². The Hall–Kier alpha value is -1.48. The van der Waals surface area contributed by atoms with Crippen molar-refractivity contribution in [1.29, 1.82) is 0 Å². The topological polar surface area (TPSA) is 43.8 Å². The van der Waals surface area contributed by atoms with Crippen molar-refractivity contribution in [3.63, 3.8) is 0 Å². The lowest BCUT2D eigenvalue weighted by molar-refractivity contribution is 0.311. The zero-order valence-corrected chi connectivity index (χ0v) is 11.8. The summed E-state index contributed by atoms with van der Waals surface area (Å²) in [6.07, 6.45) is 5.01. The highest BCUT2D eigenvalue weighted by Crippen LogP contribution is 2.35. The van der Waals surface area contributed by atoms with Crippen LogP contribution in [0.5, 0.6) is 0 Å². The first-order chi connectivity index (χ1) is 9.15. The van der Waals surface area contributed by atoms with E-state index in [0.717, 1.165) is 40.0 Å². The number of anilines is 1. The summed E-state index contributed by atoms with van der Waals surface area (Å²) in [4.78, 5) is 0. The number of aryl methyl sites for hydroxylation is 1. The maximum Gasteiger partial charge on any atom is 0.129 e. The fourth-order valence-electron chi connectivity index (χ4n) is 2.64. The third-order valence-corrected chi connectivity index (χ3v) is 4.26. The number of nitrogens with two attached hydrogens (primary N) is 1. The number of nitrogen functional groups attached to an aromatic ring is 1. The highest BCUT2D eigenvalue weighted by atomic mass is 35.5. The molecule has 0 radical (unpaired) electrons. The number of aromatic nitrogens is 2. The van der Waals surface area contributed by atoms with E-state index < -0.39 is 0 Å². The number of rotatable bonds is 3. The lowest BCUT2D eigenvalue weighted by Crippen LogP contribution is -2.14. The Morgan fingerprint density at radius 2 is 2.00 bits per heavy atom. The van der Waals surface area contributed by atoms with Gasteiger partial charge in [-0.1, -0.05) is 43.0 Å². The molecule has 0 saturated heterocycles. The van der Waals surface area contributed by atoms with E-state index in [4.69, 9.17) is 17.3 Å². The molecular weight excluding hydrogens is 258 g/mol. The van der Waals surface area contributed by atoms with E-state index in [2.05, 4.69) is 5.10 Å². The maximum absolute atomic E-state index is 6.18.